The second kappa shape index (κ2) is 8.10. The van der Waals surface area contributed by atoms with Crippen molar-refractivity contribution in [1.29, 1.82) is 0 Å². The van der Waals surface area contributed by atoms with Gasteiger partial charge in [-0.1, -0.05) is 38.1 Å². The number of hydrogen-bond acceptors (Lipinski definition) is 3. The molecule has 0 aliphatic rings. The normalized spacial score (nSPS) is 11.2. The third-order valence-electron chi connectivity index (χ3n) is 5.15. The predicted octanol–water partition coefficient (Wildman–Crippen LogP) is 5.66. The van der Waals surface area contributed by atoms with Gasteiger partial charge in [-0.15, -0.1) is 0 Å². The summed E-state index contributed by atoms with van der Waals surface area (Å²) < 4.78 is 0. The van der Waals surface area contributed by atoms with Gasteiger partial charge in [0, 0.05) is 22.2 Å². The van der Waals surface area contributed by atoms with E-state index in [0.717, 1.165) is 16.7 Å². The van der Waals surface area contributed by atoms with E-state index in [-0.39, 0.29) is 17.1 Å². The monoisotopic (exact) mass is 407 g/mol. The predicted molar refractivity (Wildman–Crippen MR) is 116 cm³/mol. The van der Waals surface area contributed by atoms with Gasteiger partial charge in [0.1, 0.15) is 5.75 Å². The Labute approximate surface area is 175 Å². The van der Waals surface area contributed by atoms with E-state index in [1.165, 1.54) is 0 Å². The number of aromatic hydroxyl groups is 1. The summed E-state index contributed by atoms with van der Waals surface area (Å²) in [5, 5.41) is 11.8. The number of anilines is 1. The molecular formula is C24H22ClNO3. The Bertz CT molecular complexity index is 1050. The zero-order valence-electron chi connectivity index (χ0n) is 16.5. The lowest BCUT2D eigenvalue weighted by Gasteiger charge is -2.27. The van der Waals surface area contributed by atoms with Gasteiger partial charge < -0.3 is 10.4 Å². The molecule has 0 spiro atoms. The molecule has 3 aromatic rings. The molecule has 3 rings (SSSR count). The first kappa shape index (κ1) is 20.6. The second-order valence-corrected chi connectivity index (χ2v) is 7.85. The summed E-state index contributed by atoms with van der Waals surface area (Å²) in [5.74, 6) is 0.0117. The molecule has 148 valence electrons. The van der Waals surface area contributed by atoms with Crippen LogP contribution in [0.2, 0.25) is 0 Å². The highest BCUT2D eigenvalue weighted by atomic mass is 35.5. The molecule has 0 unspecified atom stereocenters. The highest BCUT2D eigenvalue weighted by Crippen LogP contribution is 2.33. The molecule has 0 aromatic heterocycles. The van der Waals surface area contributed by atoms with Crippen LogP contribution in [0.1, 0.15) is 51.3 Å². The Morgan fingerprint density at radius 1 is 0.897 bits per heavy atom. The number of halogens is 1. The first-order valence-corrected chi connectivity index (χ1v) is 9.58. The van der Waals surface area contributed by atoms with Crippen LogP contribution in [-0.4, -0.2) is 16.3 Å². The fraction of sp³-hybridized carbons (Fsp3) is 0.167. The van der Waals surface area contributed by atoms with E-state index in [1.807, 2.05) is 37.3 Å². The molecule has 5 heteroatoms. The number of phenols is 1. The average molecular weight is 408 g/mol. The Morgan fingerprint density at radius 2 is 1.48 bits per heavy atom. The van der Waals surface area contributed by atoms with E-state index in [1.54, 1.807) is 36.4 Å². The minimum absolute atomic E-state index is 0.221. The number of hydrogen-bond donors (Lipinski definition) is 2. The van der Waals surface area contributed by atoms with Crippen molar-refractivity contribution in [3.8, 4) is 5.75 Å². The largest absolute Gasteiger partial charge is 0.508 e. The Balaban J connectivity index is 1.82. The van der Waals surface area contributed by atoms with Crippen molar-refractivity contribution in [1.82, 2.24) is 0 Å². The van der Waals surface area contributed by atoms with Crippen LogP contribution < -0.4 is 5.32 Å². The topological polar surface area (TPSA) is 66.4 Å². The molecule has 2 N–H and O–H groups in total. The second-order valence-electron chi connectivity index (χ2n) is 7.51. The first-order valence-electron chi connectivity index (χ1n) is 9.20. The van der Waals surface area contributed by atoms with E-state index in [0.29, 0.717) is 16.8 Å². The van der Waals surface area contributed by atoms with Gasteiger partial charge >= 0.3 is 0 Å². The minimum atomic E-state index is -0.537. The molecule has 0 atom stereocenters. The lowest BCUT2D eigenvalue weighted by Crippen LogP contribution is -2.20. The SMILES string of the molecule is Cc1cc(C(C)(C)c2ccc(O)cc2)ccc1C(=O)Nc1ccc(C(=O)Cl)cc1. The van der Waals surface area contributed by atoms with Crippen molar-refractivity contribution >= 4 is 28.4 Å². The average Bonchev–Trinajstić information content (AvgIpc) is 2.68. The molecular weight excluding hydrogens is 386 g/mol. The molecule has 0 radical (unpaired) electrons. The number of rotatable bonds is 5. The number of aryl methyl sites for hydroxylation is 1. The Kier molecular flexibility index (Phi) is 5.76. The summed E-state index contributed by atoms with van der Waals surface area (Å²) >= 11 is 5.44. The third-order valence-corrected chi connectivity index (χ3v) is 5.37. The number of benzene rings is 3. The minimum Gasteiger partial charge on any atom is -0.508 e. The van der Waals surface area contributed by atoms with Crippen LogP contribution in [0.15, 0.2) is 66.7 Å². The smallest absolute Gasteiger partial charge is 0.255 e. The van der Waals surface area contributed by atoms with Crippen LogP contribution in [-0.2, 0) is 5.41 Å². The van der Waals surface area contributed by atoms with Crippen molar-refractivity contribution in [3.05, 3.63) is 94.5 Å². The zero-order valence-corrected chi connectivity index (χ0v) is 17.2. The summed E-state index contributed by atoms with van der Waals surface area (Å²) in [6.07, 6.45) is 0. The molecule has 0 saturated heterocycles. The van der Waals surface area contributed by atoms with Gasteiger partial charge in [0.25, 0.3) is 11.1 Å². The number of phenolic OH excluding ortho intramolecular Hbond substituents is 1. The number of carbonyl (C=O) groups is 2. The van der Waals surface area contributed by atoms with Crippen molar-refractivity contribution in [2.24, 2.45) is 0 Å². The van der Waals surface area contributed by atoms with Crippen LogP contribution in [0.3, 0.4) is 0 Å². The van der Waals surface area contributed by atoms with E-state index in [4.69, 9.17) is 11.6 Å². The molecule has 0 fully saturated rings. The summed E-state index contributed by atoms with van der Waals surface area (Å²) in [5.41, 5.74) is 4.26. The lowest BCUT2D eigenvalue weighted by atomic mass is 9.77. The molecule has 1 amide bonds. The fourth-order valence-corrected chi connectivity index (χ4v) is 3.36. The van der Waals surface area contributed by atoms with Gasteiger partial charge in [0.15, 0.2) is 0 Å². The number of amides is 1. The van der Waals surface area contributed by atoms with Crippen LogP contribution in [0, 0.1) is 6.92 Å². The van der Waals surface area contributed by atoms with Crippen LogP contribution in [0.5, 0.6) is 5.75 Å². The van der Waals surface area contributed by atoms with E-state index >= 15 is 0 Å². The lowest BCUT2D eigenvalue weighted by molar-refractivity contribution is 0.102. The molecule has 4 nitrogen and oxygen atoms in total. The van der Waals surface area contributed by atoms with E-state index in [2.05, 4.69) is 19.2 Å². The van der Waals surface area contributed by atoms with Crippen LogP contribution in [0.4, 0.5) is 5.69 Å². The Morgan fingerprint density at radius 3 is 2.03 bits per heavy atom. The van der Waals surface area contributed by atoms with Crippen molar-refractivity contribution in [2.45, 2.75) is 26.2 Å². The number of nitrogens with one attached hydrogen (secondary N) is 1. The van der Waals surface area contributed by atoms with E-state index < -0.39 is 5.24 Å². The van der Waals surface area contributed by atoms with Gasteiger partial charge in [0.05, 0.1) is 0 Å². The molecule has 0 aliphatic heterocycles. The highest BCUT2D eigenvalue weighted by molar-refractivity contribution is 6.67. The van der Waals surface area contributed by atoms with Crippen molar-refractivity contribution in [2.75, 3.05) is 5.32 Å². The van der Waals surface area contributed by atoms with Gasteiger partial charge in [-0.25, -0.2) is 0 Å². The standard InChI is InChI=1S/C24H22ClNO3/c1-15-14-18(24(2,3)17-6-11-20(27)12-7-17)8-13-21(15)23(29)26-19-9-4-16(5-10-19)22(25)28/h4-14,27H,1-3H3,(H,26,29). The molecule has 0 aliphatic carbocycles. The summed E-state index contributed by atoms with van der Waals surface area (Å²) in [4.78, 5) is 23.8. The number of carbonyl (C=O) groups excluding carboxylic acids is 2. The molecule has 29 heavy (non-hydrogen) atoms. The van der Waals surface area contributed by atoms with Crippen molar-refractivity contribution < 1.29 is 14.7 Å². The van der Waals surface area contributed by atoms with Crippen LogP contribution >= 0.6 is 11.6 Å². The maximum Gasteiger partial charge on any atom is 0.255 e. The van der Waals surface area contributed by atoms with E-state index in [9.17, 15) is 14.7 Å². The highest BCUT2D eigenvalue weighted by Gasteiger charge is 2.24. The zero-order chi connectivity index (χ0) is 21.2. The third kappa shape index (κ3) is 4.49. The summed E-state index contributed by atoms with van der Waals surface area (Å²) in [6, 6.07) is 19.4. The summed E-state index contributed by atoms with van der Waals surface area (Å²) in [6.45, 7) is 6.11. The first-order chi connectivity index (χ1) is 13.7. The molecule has 0 saturated carbocycles. The molecule has 0 bridgehead atoms. The van der Waals surface area contributed by atoms with Gasteiger partial charge in [-0.05, 0) is 77.7 Å². The van der Waals surface area contributed by atoms with Gasteiger partial charge in [-0.3, -0.25) is 9.59 Å². The quantitative estimate of drug-likeness (QED) is 0.536. The maximum absolute atomic E-state index is 12.7. The fourth-order valence-electron chi connectivity index (χ4n) is 3.23. The van der Waals surface area contributed by atoms with Gasteiger partial charge in [0.2, 0.25) is 0 Å². The van der Waals surface area contributed by atoms with Crippen molar-refractivity contribution in [3.63, 3.8) is 0 Å². The maximum atomic E-state index is 12.7. The Hall–Kier alpha value is -3.11. The molecule has 3 aromatic carbocycles. The van der Waals surface area contributed by atoms with Gasteiger partial charge in [-0.2, -0.15) is 0 Å². The summed E-state index contributed by atoms with van der Waals surface area (Å²) in [7, 11) is 0. The van der Waals surface area contributed by atoms with Crippen LogP contribution in [0.25, 0.3) is 0 Å². The molecule has 0 heterocycles.